The summed E-state index contributed by atoms with van der Waals surface area (Å²) in [7, 11) is 0. The lowest BCUT2D eigenvalue weighted by Crippen LogP contribution is -1.97. The number of hydrogen-bond donors (Lipinski definition) is 2. The molecule has 3 nitrogen and oxygen atoms in total. The van der Waals surface area contributed by atoms with Gasteiger partial charge in [-0.05, 0) is 46.6 Å². The second kappa shape index (κ2) is 5.34. The van der Waals surface area contributed by atoms with Crippen LogP contribution in [0.2, 0.25) is 10.0 Å². The molecular formula is C12H10BrCl2N3. The van der Waals surface area contributed by atoms with Gasteiger partial charge in [-0.2, -0.15) is 0 Å². The smallest absolute Gasteiger partial charge is 0.149 e. The molecule has 0 radical (unpaired) electrons. The number of nitrogens with zero attached hydrogens (tertiary/aromatic N) is 1. The Morgan fingerprint density at radius 3 is 2.61 bits per heavy atom. The summed E-state index contributed by atoms with van der Waals surface area (Å²) in [6, 6.07) is 5.38. The molecule has 0 saturated carbocycles. The normalized spacial score (nSPS) is 10.4. The third-order valence-electron chi connectivity index (χ3n) is 2.36. The minimum atomic E-state index is 0.457. The van der Waals surface area contributed by atoms with E-state index in [2.05, 4.69) is 26.2 Å². The molecule has 0 unspecified atom stereocenters. The van der Waals surface area contributed by atoms with E-state index >= 15 is 0 Å². The van der Waals surface area contributed by atoms with Gasteiger partial charge in [-0.15, -0.1) is 0 Å². The fraction of sp³-hybridized carbons (Fsp3) is 0.0833. The fourth-order valence-electron chi connectivity index (χ4n) is 1.41. The van der Waals surface area contributed by atoms with Crippen LogP contribution in [0.3, 0.4) is 0 Å². The van der Waals surface area contributed by atoms with E-state index in [-0.39, 0.29) is 0 Å². The lowest BCUT2D eigenvalue weighted by atomic mass is 10.2. The highest BCUT2D eigenvalue weighted by molar-refractivity contribution is 9.10. The number of nitrogen functional groups attached to an aromatic ring is 1. The Kier molecular flexibility index (Phi) is 4.00. The van der Waals surface area contributed by atoms with Crippen molar-refractivity contribution in [1.29, 1.82) is 0 Å². The fourth-order valence-corrected chi connectivity index (χ4v) is 2.36. The number of aryl methyl sites for hydroxylation is 1. The van der Waals surface area contributed by atoms with Crippen molar-refractivity contribution in [2.24, 2.45) is 0 Å². The minimum Gasteiger partial charge on any atom is -0.397 e. The molecule has 94 valence electrons. The van der Waals surface area contributed by atoms with E-state index in [1.165, 1.54) is 6.20 Å². The molecular weight excluding hydrogens is 337 g/mol. The third-order valence-corrected chi connectivity index (χ3v) is 3.72. The van der Waals surface area contributed by atoms with Crippen molar-refractivity contribution in [3.05, 3.63) is 44.5 Å². The Labute approximate surface area is 123 Å². The van der Waals surface area contributed by atoms with Crippen molar-refractivity contribution >= 4 is 56.3 Å². The lowest BCUT2D eigenvalue weighted by molar-refractivity contribution is 1.30. The molecule has 1 heterocycles. The van der Waals surface area contributed by atoms with Gasteiger partial charge >= 0.3 is 0 Å². The van der Waals surface area contributed by atoms with Crippen molar-refractivity contribution in [2.75, 3.05) is 11.1 Å². The van der Waals surface area contributed by atoms with Crippen molar-refractivity contribution in [3.8, 4) is 0 Å². The van der Waals surface area contributed by atoms with Gasteiger partial charge in [0.05, 0.1) is 22.6 Å². The maximum Gasteiger partial charge on any atom is 0.149 e. The molecule has 2 aromatic rings. The summed E-state index contributed by atoms with van der Waals surface area (Å²) in [5.74, 6) is 0.534. The minimum absolute atomic E-state index is 0.457. The molecule has 0 amide bonds. The van der Waals surface area contributed by atoms with E-state index in [1.54, 1.807) is 6.07 Å². The zero-order valence-corrected chi connectivity index (χ0v) is 12.6. The summed E-state index contributed by atoms with van der Waals surface area (Å²) in [6.07, 6.45) is 1.54. The predicted molar refractivity (Wildman–Crippen MR) is 80.8 cm³/mol. The number of anilines is 3. The van der Waals surface area contributed by atoms with Gasteiger partial charge in [0.15, 0.2) is 0 Å². The zero-order valence-electron chi connectivity index (χ0n) is 9.47. The average Bonchev–Trinajstić information content (AvgIpc) is 2.29. The molecule has 1 aromatic carbocycles. The first kappa shape index (κ1) is 13.5. The summed E-state index contributed by atoms with van der Waals surface area (Å²) >= 11 is 15.6. The Bertz CT molecular complexity index is 602. The molecule has 0 bridgehead atoms. The van der Waals surface area contributed by atoms with Gasteiger partial charge in [0.1, 0.15) is 5.82 Å². The Morgan fingerprint density at radius 2 is 1.94 bits per heavy atom. The van der Waals surface area contributed by atoms with E-state index < -0.39 is 0 Å². The summed E-state index contributed by atoms with van der Waals surface area (Å²) in [5.41, 5.74) is 7.90. The molecule has 6 heteroatoms. The van der Waals surface area contributed by atoms with Crippen LogP contribution in [0, 0.1) is 6.92 Å². The van der Waals surface area contributed by atoms with Crippen LogP contribution in [0.15, 0.2) is 28.9 Å². The highest BCUT2D eigenvalue weighted by Crippen LogP contribution is 2.33. The monoisotopic (exact) mass is 345 g/mol. The van der Waals surface area contributed by atoms with Crippen LogP contribution >= 0.6 is 39.1 Å². The third kappa shape index (κ3) is 2.88. The summed E-state index contributed by atoms with van der Waals surface area (Å²) in [5, 5.41) is 4.24. The van der Waals surface area contributed by atoms with Crippen LogP contribution in [-0.4, -0.2) is 4.98 Å². The topological polar surface area (TPSA) is 50.9 Å². The summed E-state index contributed by atoms with van der Waals surface area (Å²) in [6.45, 7) is 1.94. The van der Waals surface area contributed by atoms with Crippen molar-refractivity contribution in [2.45, 2.75) is 6.92 Å². The van der Waals surface area contributed by atoms with Crippen LogP contribution < -0.4 is 11.1 Å². The Hall–Kier alpha value is -0.970. The number of benzene rings is 1. The Morgan fingerprint density at radius 1 is 1.22 bits per heavy atom. The number of pyridine rings is 1. The highest BCUT2D eigenvalue weighted by atomic mass is 79.9. The van der Waals surface area contributed by atoms with E-state index in [0.717, 1.165) is 15.7 Å². The van der Waals surface area contributed by atoms with Gasteiger partial charge in [-0.3, -0.25) is 0 Å². The number of rotatable bonds is 2. The largest absolute Gasteiger partial charge is 0.397 e. The molecule has 0 atom stereocenters. The molecule has 0 aliphatic carbocycles. The molecule has 0 aliphatic heterocycles. The Balaban J connectivity index is 2.37. The molecule has 2 rings (SSSR count). The van der Waals surface area contributed by atoms with E-state index in [9.17, 15) is 0 Å². The SMILES string of the molecule is Cc1cc(Br)c(Nc2ncc(N)cc2Cl)cc1Cl. The number of hydrogen-bond acceptors (Lipinski definition) is 3. The molecule has 0 aliphatic rings. The maximum atomic E-state index is 6.08. The summed E-state index contributed by atoms with van der Waals surface area (Å²) < 4.78 is 0.888. The van der Waals surface area contributed by atoms with Crippen molar-refractivity contribution < 1.29 is 0 Å². The molecule has 0 saturated heterocycles. The number of nitrogens with one attached hydrogen (secondary N) is 1. The quantitative estimate of drug-likeness (QED) is 0.822. The first-order valence-corrected chi connectivity index (χ1v) is 6.66. The number of nitrogens with two attached hydrogens (primary N) is 1. The zero-order chi connectivity index (χ0) is 13.3. The van der Waals surface area contributed by atoms with E-state index in [1.807, 2.05) is 19.1 Å². The van der Waals surface area contributed by atoms with E-state index in [4.69, 9.17) is 28.9 Å². The molecule has 0 fully saturated rings. The van der Waals surface area contributed by atoms with Crippen LogP contribution in [0.1, 0.15) is 5.56 Å². The molecule has 1 aromatic heterocycles. The molecule has 0 spiro atoms. The predicted octanol–water partition coefficient (Wildman–Crippen LogP) is 4.79. The molecule has 18 heavy (non-hydrogen) atoms. The van der Waals surface area contributed by atoms with Crippen LogP contribution in [0.25, 0.3) is 0 Å². The lowest BCUT2D eigenvalue weighted by Gasteiger charge is -2.11. The summed E-state index contributed by atoms with van der Waals surface area (Å²) in [4.78, 5) is 4.13. The second-order valence-corrected chi connectivity index (χ2v) is 5.47. The van der Waals surface area contributed by atoms with Crippen molar-refractivity contribution in [1.82, 2.24) is 4.98 Å². The van der Waals surface area contributed by atoms with Gasteiger partial charge in [-0.1, -0.05) is 23.2 Å². The first-order chi connectivity index (χ1) is 8.47. The second-order valence-electron chi connectivity index (χ2n) is 3.81. The van der Waals surface area contributed by atoms with Crippen LogP contribution in [-0.2, 0) is 0 Å². The van der Waals surface area contributed by atoms with E-state index in [0.29, 0.717) is 21.6 Å². The van der Waals surface area contributed by atoms with Gasteiger partial charge in [0.25, 0.3) is 0 Å². The maximum absolute atomic E-state index is 6.08. The molecule has 3 N–H and O–H groups in total. The number of aromatic nitrogens is 1. The van der Waals surface area contributed by atoms with Gasteiger partial charge in [0, 0.05) is 9.50 Å². The van der Waals surface area contributed by atoms with Crippen LogP contribution in [0.5, 0.6) is 0 Å². The van der Waals surface area contributed by atoms with Crippen LogP contribution in [0.4, 0.5) is 17.2 Å². The highest BCUT2D eigenvalue weighted by Gasteiger charge is 2.08. The number of halogens is 3. The first-order valence-electron chi connectivity index (χ1n) is 5.11. The standard InChI is InChI=1S/C12H10BrCl2N3/c1-6-2-8(13)11(4-9(6)14)18-12-10(15)3-7(16)5-17-12/h2-5H,16H2,1H3,(H,17,18). The van der Waals surface area contributed by atoms with Gasteiger partial charge in [-0.25, -0.2) is 4.98 Å². The van der Waals surface area contributed by atoms with Gasteiger partial charge in [0.2, 0.25) is 0 Å². The van der Waals surface area contributed by atoms with Gasteiger partial charge < -0.3 is 11.1 Å². The average molecular weight is 347 g/mol. The van der Waals surface area contributed by atoms with Crippen molar-refractivity contribution in [3.63, 3.8) is 0 Å².